The predicted octanol–water partition coefficient (Wildman–Crippen LogP) is 4.46. The summed E-state index contributed by atoms with van der Waals surface area (Å²) in [5, 5.41) is 7.81. The van der Waals surface area contributed by atoms with Crippen molar-refractivity contribution in [2.45, 2.75) is 19.5 Å². The smallest absolute Gasteiger partial charge is 0.278 e. The normalized spacial score (nSPS) is 13.2. The molecule has 32 heavy (non-hydrogen) atoms. The Morgan fingerprint density at radius 2 is 2.00 bits per heavy atom. The largest absolute Gasteiger partial charge is 0.324 e. The van der Waals surface area contributed by atoms with E-state index in [9.17, 15) is 4.79 Å². The molecule has 0 bridgehead atoms. The molecule has 0 saturated carbocycles. The monoisotopic (exact) mass is 466 g/mol. The molecule has 2 N–H and O–H groups in total. The van der Waals surface area contributed by atoms with Crippen molar-refractivity contribution < 1.29 is 0 Å². The van der Waals surface area contributed by atoms with E-state index in [2.05, 4.69) is 39.3 Å². The van der Waals surface area contributed by atoms with E-state index in [0.29, 0.717) is 32.7 Å². The van der Waals surface area contributed by atoms with E-state index >= 15 is 0 Å². The summed E-state index contributed by atoms with van der Waals surface area (Å²) in [4.78, 5) is 22.1. The van der Waals surface area contributed by atoms with Crippen LogP contribution in [0.15, 0.2) is 60.0 Å². The van der Waals surface area contributed by atoms with Crippen molar-refractivity contribution in [1.29, 1.82) is 0 Å². The van der Waals surface area contributed by atoms with Crippen molar-refractivity contribution in [2.24, 2.45) is 0 Å². The number of nitrogens with one attached hydrogen (secondary N) is 2. The Labute approximate surface area is 194 Å². The molecule has 7 nitrogen and oxygen atoms in total. The molecule has 0 amide bonds. The molecule has 9 heteroatoms. The van der Waals surface area contributed by atoms with Crippen LogP contribution in [-0.4, -0.2) is 25.9 Å². The highest BCUT2D eigenvalue weighted by molar-refractivity contribution is 6.37. The van der Waals surface area contributed by atoms with E-state index in [1.165, 1.54) is 22.0 Å². The first kappa shape index (κ1) is 20.8. The van der Waals surface area contributed by atoms with E-state index in [0.717, 1.165) is 25.2 Å². The van der Waals surface area contributed by atoms with Crippen LogP contribution in [0.25, 0.3) is 16.7 Å². The Morgan fingerprint density at radius 3 is 2.78 bits per heavy atom. The van der Waals surface area contributed by atoms with Gasteiger partial charge in [-0.3, -0.25) is 4.79 Å². The number of fused-ring (bicyclic) bond motifs is 2. The van der Waals surface area contributed by atoms with Crippen LogP contribution in [0.5, 0.6) is 0 Å². The van der Waals surface area contributed by atoms with E-state index in [1.54, 1.807) is 29.0 Å². The van der Waals surface area contributed by atoms with Gasteiger partial charge in [0.15, 0.2) is 5.65 Å². The van der Waals surface area contributed by atoms with Crippen LogP contribution >= 0.6 is 23.2 Å². The van der Waals surface area contributed by atoms with Gasteiger partial charge in [-0.2, -0.15) is 4.98 Å². The molecule has 2 aromatic carbocycles. The molecule has 0 unspecified atom stereocenters. The maximum Gasteiger partial charge on any atom is 0.278 e. The summed E-state index contributed by atoms with van der Waals surface area (Å²) in [6.45, 7) is 5.86. The second-order valence-electron chi connectivity index (χ2n) is 7.52. The Kier molecular flexibility index (Phi) is 5.46. The van der Waals surface area contributed by atoms with Gasteiger partial charge in [-0.25, -0.2) is 14.3 Å². The zero-order valence-electron chi connectivity index (χ0n) is 17.1. The van der Waals surface area contributed by atoms with Crippen molar-refractivity contribution in [3.8, 4) is 5.69 Å². The van der Waals surface area contributed by atoms with Crippen LogP contribution < -0.4 is 16.2 Å². The SMILES string of the molecule is C=CCn1c(=O)c2cnc(Nc3ccc4c(c3)CCNC4)nc2n1-c1c(Cl)cccc1Cl. The number of halogens is 2. The van der Waals surface area contributed by atoms with Crippen molar-refractivity contribution in [1.82, 2.24) is 24.6 Å². The van der Waals surface area contributed by atoms with Crippen LogP contribution in [0, 0.1) is 0 Å². The van der Waals surface area contributed by atoms with Crippen LogP contribution in [0.2, 0.25) is 10.0 Å². The molecular formula is C23H20Cl2N6O. The zero-order valence-corrected chi connectivity index (χ0v) is 18.6. The third-order valence-corrected chi connectivity index (χ3v) is 6.09. The highest BCUT2D eigenvalue weighted by Gasteiger charge is 2.20. The summed E-state index contributed by atoms with van der Waals surface area (Å²) in [6, 6.07) is 11.4. The standard InChI is InChI=1S/C23H20Cl2N6O/c1-2-10-30-22(32)17-13-27-23(28-16-7-6-15-12-26-9-8-14(15)11-16)29-21(17)31(30)20-18(24)4-3-5-19(20)25/h2-7,11,13,26H,1,8-10,12H2,(H,27,28,29). The second-order valence-corrected chi connectivity index (χ2v) is 8.34. The van der Waals surface area contributed by atoms with Gasteiger partial charge in [-0.1, -0.05) is 41.4 Å². The molecule has 2 aromatic heterocycles. The highest BCUT2D eigenvalue weighted by atomic mass is 35.5. The van der Waals surface area contributed by atoms with Gasteiger partial charge in [0.25, 0.3) is 5.56 Å². The van der Waals surface area contributed by atoms with E-state index in [1.807, 2.05) is 6.07 Å². The topological polar surface area (TPSA) is 76.8 Å². The minimum absolute atomic E-state index is 0.247. The van der Waals surface area contributed by atoms with E-state index < -0.39 is 0 Å². The number of aromatic nitrogens is 4. The lowest BCUT2D eigenvalue weighted by Crippen LogP contribution is -2.23. The third-order valence-electron chi connectivity index (χ3n) is 5.48. The molecule has 1 aliphatic heterocycles. The molecule has 0 spiro atoms. The van der Waals surface area contributed by atoms with Crippen LogP contribution in [0.1, 0.15) is 11.1 Å². The van der Waals surface area contributed by atoms with Crippen LogP contribution in [0.3, 0.4) is 0 Å². The van der Waals surface area contributed by atoms with Crippen molar-refractivity contribution in [3.63, 3.8) is 0 Å². The molecule has 162 valence electrons. The number of hydrogen-bond acceptors (Lipinski definition) is 5. The number of hydrogen-bond donors (Lipinski definition) is 2. The first-order valence-corrected chi connectivity index (χ1v) is 11.0. The molecule has 5 rings (SSSR count). The van der Waals surface area contributed by atoms with Gasteiger partial charge < -0.3 is 10.6 Å². The third kappa shape index (κ3) is 3.58. The van der Waals surface area contributed by atoms with E-state index in [-0.39, 0.29) is 12.1 Å². The zero-order chi connectivity index (χ0) is 22.2. The summed E-state index contributed by atoms with van der Waals surface area (Å²) in [5.74, 6) is 0.374. The molecule has 4 aromatic rings. The summed E-state index contributed by atoms with van der Waals surface area (Å²) in [6.07, 6.45) is 4.13. The lowest BCUT2D eigenvalue weighted by molar-refractivity contribution is 0.606. The minimum atomic E-state index is -0.247. The highest BCUT2D eigenvalue weighted by Crippen LogP contribution is 2.30. The van der Waals surface area contributed by atoms with Gasteiger partial charge in [0.2, 0.25) is 5.95 Å². The molecule has 0 atom stereocenters. The predicted molar refractivity (Wildman–Crippen MR) is 128 cm³/mol. The number of benzene rings is 2. The van der Waals surface area contributed by atoms with Crippen LogP contribution in [0.4, 0.5) is 11.6 Å². The maximum atomic E-state index is 13.1. The Morgan fingerprint density at radius 1 is 1.19 bits per heavy atom. The number of rotatable bonds is 5. The Balaban J connectivity index is 1.65. The molecule has 0 aliphatic carbocycles. The number of nitrogens with zero attached hydrogens (tertiary/aromatic N) is 4. The van der Waals surface area contributed by atoms with Gasteiger partial charge >= 0.3 is 0 Å². The maximum absolute atomic E-state index is 13.1. The Hall–Kier alpha value is -3.13. The molecule has 0 fully saturated rings. The summed E-state index contributed by atoms with van der Waals surface area (Å²) in [7, 11) is 0. The fraction of sp³-hybridized carbons (Fsp3) is 0.174. The summed E-state index contributed by atoms with van der Waals surface area (Å²) in [5.41, 5.74) is 4.12. The Bertz CT molecular complexity index is 1390. The van der Waals surface area contributed by atoms with Gasteiger partial charge in [-0.15, -0.1) is 6.58 Å². The number of anilines is 2. The van der Waals surface area contributed by atoms with Gasteiger partial charge in [0.1, 0.15) is 11.1 Å². The summed E-state index contributed by atoms with van der Waals surface area (Å²) >= 11 is 12.9. The average molecular weight is 467 g/mol. The van der Waals surface area contributed by atoms with Gasteiger partial charge in [-0.05, 0) is 48.4 Å². The average Bonchev–Trinajstić information content (AvgIpc) is 3.05. The van der Waals surface area contributed by atoms with Gasteiger partial charge in [0, 0.05) is 18.4 Å². The number of allylic oxidation sites excluding steroid dienone is 1. The molecule has 0 saturated heterocycles. The number of para-hydroxylation sites is 1. The van der Waals surface area contributed by atoms with Crippen molar-refractivity contribution in [2.75, 3.05) is 11.9 Å². The molecule has 1 aliphatic rings. The molecule has 0 radical (unpaired) electrons. The second kappa shape index (κ2) is 8.43. The van der Waals surface area contributed by atoms with E-state index in [4.69, 9.17) is 23.2 Å². The first-order valence-electron chi connectivity index (χ1n) is 10.2. The summed E-state index contributed by atoms with van der Waals surface area (Å²) < 4.78 is 3.13. The fourth-order valence-corrected chi connectivity index (χ4v) is 4.54. The van der Waals surface area contributed by atoms with Gasteiger partial charge in [0.05, 0.1) is 16.6 Å². The quantitative estimate of drug-likeness (QED) is 0.424. The lowest BCUT2D eigenvalue weighted by Gasteiger charge is -2.18. The first-order chi connectivity index (χ1) is 15.6. The van der Waals surface area contributed by atoms with Crippen LogP contribution in [-0.2, 0) is 19.5 Å². The van der Waals surface area contributed by atoms with Crippen molar-refractivity contribution >= 4 is 45.9 Å². The molecular weight excluding hydrogens is 447 g/mol. The lowest BCUT2D eigenvalue weighted by atomic mass is 10.0. The fourth-order valence-electron chi connectivity index (χ4n) is 3.98. The van der Waals surface area contributed by atoms with Crippen molar-refractivity contribution in [3.05, 3.63) is 86.8 Å². The minimum Gasteiger partial charge on any atom is -0.324 e. The molecule has 3 heterocycles.